The number of aromatic nitrogens is 2. The molecule has 5 nitrogen and oxygen atoms in total. The number of aryl methyl sites for hydroxylation is 1. The maximum absolute atomic E-state index is 12.6. The Morgan fingerprint density at radius 3 is 2.52 bits per heavy atom. The number of amides is 1. The third-order valence-electron chi connectivity index (χ3n) is 5.15. The molecule has 1 unspecified atom stereocenters. The minimum atomic E-state index is 0.188. The van der Waals surface area contributed by atoms with Gasteiger partial charge >= 0.3 is 0 Å². The number of hydrogen-bond acceptors (Lipinski definition) is 4. The summed E-state index contributed by atoms with van der Waals surface area (Å²) in [7, 11) is 0. The average molecular weight is 286 g/mol. The predicted octanol–water partition coefficient (Wildman–Crippen LogP) is 1.88. The van der Waals surface area contributed by atoms with Gasteiger partial charge in [-0.15, -0.1) is 0 Å². The van der Waals surface area contributed by atoms with Crippen LogP contribution >= 0.6 is 0 Å². The summed E-state index contributed by atoms with van der Waals surface area (Å²) in [4.78, 5) is 26.1. The number of anilines is 1. The molecule has 0 N–H and O–H groups in total. The fourth-order valence-corrected chi connectivity index (χ4v) is 3.41. The van der Waals surface area contributed by atoms with Gasteiger partial charge < -0.3 is 9.80 Å². The molecule has 0 aromatic carbocycles. The lowest BCUT2D eigenvalue weighted by molar-refractivity contribution is -0.133. The Hall–Kier alpha value is -1.65. The topological polar surface area (TPSA) is 49.3 Å². The van der Waals surface area contributed by atoms with Crippen molar-refractivity contribution in [2.45, 2.75) is 46.7 Å². The zero-order valence-electron chi connectivity index (χ0n) is 13.0. The third kappa shape index (κ3) is 2.01. The van der Waals surface area contributed by atoms with Crippen molar-refractivity contribution < 1.29 is 4.79 Å². The summed E-state index contributed by atoms with van der Waals surface area (Å²) in [6, 6.07) is 0. The highest BCUT2D eigenvalue weighted by atomic mass is 16.2. The van der Waals surface area contributed by atoms with E-state index in [0.717, 1.165) is 36.8 Å². The van der Waals surface area contributed by atoms with Gasteiger partial charge in [0.1, 0.15) is 11.6 Å². The number of carbonyl (C=O) groups is 1. The van der Waals surface area contributed by atoms with Crippen molar-refractivity contribution in [3.05, 3.63) is 17.1 Å². The molecule has 1 amide bonds. The van der Waals surface area contributed by atoms with Gasteiger partial charge in [0.15, 0.2) is 0 Å². The van der Waals surface area contributed by atoms with E-state index in [1.54, 1.807) is 0 Å². The van der Waals surface area contributed by atoms with Gasteiger partial charge in [-0.05, 0) is 25.2 Å². The summed E-state index contributed by atoms with van der Waals surface area (Å²) < 4.78 is 0. The van der Waals surface area contributed by atoms with E-state index < -0.39 is 0 Å². The highest BCUT2D eigenvalue weighted by molar-refractivity contribution is 5.83. The van der Waals surface area contributed by atoms with Gasteiger partial charge in [0.05, 0.1) is 18.8 Å². The summed E-state index contributed by atoms with van der Waals surface area (Å²) in [6.07, 6.45) is 2.25. The first-order valence-corrected chi connectivity index (χ1v) is 7.86. The van der Waals surface area contributed by atoms with Gasteiger partial charge in [0.2, 0.25) is 5.91 Å². The smallest absolute Gasteiger partial charge is 0.226 e. The van der Waals surface area contributed by atoms with Crippen LogP contribution in [0, 0.1) is 18.3 Å². The van der Waals surface area contributed by atoms with Gasteiger partial charge in [0, 0.05) is 24.6 Å². The second-order valence-electron chi connectivity index (χ2n) is 7.30. The third-order valence-corrected chi connectivity index (χ3v) is 5.15. The second kappa shape index (κ2) is 4.18. The number of carbonyl (C=O) groups excluding carboxylic acids is 1. The van der Waals surface area contributed by atoms with E-state index in [2.05, 4.69) is 28.7 Å². The summed E-state index contributed by atoms with van der Waals surface area (Å²) in [5.74, 6) is 2.38. The molecule has 3 heterocycles. The summed E-state index contributed by atoms with van der Waals surface area (Å²) >= 11 is 0. The van der Waals surface area contributed by atoms with Crippen LogP contribution in [0.15, 0.2) is 0 Å². The first-order valence-electron chi connectivity index (χ1n) is 7.86. The standard InChI is InChI=1S/C16H22N4O/c1-10-17-13-9-20(15(21)12-7-16(12,2)3)8-11(13)14(18-10)19-5-4-6-19/h12H,4-9H2,1-3H3. The first kappa shape index (κ1) is 13.0. The zero-order valence-corrected chi connectivity index (χ0v) is 13.0. The second-order valence-corrected chi connectivity index (χ2v) is 7.30. The van der Waals surface area contributed by atoms with Crippen LogP contribution in [-0.2, 0) is 17.9 Å². The fraction of sp³-hybridized carbons (Fsp3) is 0.688. The van der Waals surface area contributed by atoms with Crippen LogP contribution in [0.3, 0.4) is 0 Å². The maximum atomic E-state index is 12.6. The summed E-state index contributed by atoms with van der Waals surface area (Å²) in [5, 5.41) is 0. The molecule has 5 heteroatoms. The van der Waals surface area contributed by atoms with E-state index >= 15 is 0 Å². The minimum absolute atomic E-state index is 0.188. The van der Waals surface area contributed by atoms with Gasteiger partial charge in [-0.3, -0.25) is 4.79 Å². The quantitative estimate of drug-likeness (QED) is 0.833. The molecule has 0 bridgehead atoms. The molecule has 2 fully saturated rings. The van der Waals surface area contributed by atoms with Gasteiger partial charge in [-0.25, -0.2) is 9.97 Å². The molecule has 1 aromatic heterocycles. The Bertz CT molecular complexity index is 621. The molecule has 1 aliphatic carbocycles. The van der Waals surface area contributed by atoms with Crippen molar-refractivity contribution in [2.24, 2.45) is 11.3 Å². The van der Waals surface area contributed by atoms with Gasteiger partial charge in [-0.2, -0.15) is 0 Å². The van der Waals surface area contributed by atoms with Crippen LogP contribution < -0.4 is 4.90 Å². The number of hydrogen-bond donors (Lipinski definition) is 0. The van der Waals surface area contributed by atoms with Crippen LogP contribution in [0.5, 0.6) is 0 Å². The van der Waals surface area contributed by atoms with E-state index in [0.29, 0.717) is 19.0 Å². The Morgan fingerprint density at radius 1 is 1.24 bits per heavy atom. The molecule has 1 saturated heterocycles. The molecule has 112 valence electrons. The summed E-state index contributed by atoms with van der Waals surface area (Å²) in [6.45, 7) is 9.79. The van der Waals surface area contributed by atoms with Crippen LogP contribution in [0.25, 0.3) is 0 Å². The molecular weight excluding hydrogens is 264 g/mol. The number of rotatable bonds is 2. The number of nitrogens with zero attached hydrogens (tertiary/aromatic N) is 4. The Morgan fingerprint density at radius 2 is 1.95 bits per heavy atom. The van der Waals surface area contributed by atoms with Crippen LogP contribution in [0.2, 0.25) is 0 Å². The molecule has 1 saturated carbocycles. The molecule has 1 aromatic rings. The predicted molar refractivity (Wildman–Crippen MR) is 79.7 cm³/mol. The lowest BCUT2D eigenvalue weighted by Crippen LogP contribution is -2.38. The van der Waals surface area contributed by atoms with E-state index in [-0.39, 0.29) is 11.3 Å². The average Bonchev–Trinajstić information content (AvgIpc) is 2.81. The zero-order chi connectivity index (χ0) is 14.8. The molecule has 4 rings (SSSR count). The van der Waals surface area contributed by atoms with Crippen molar-refractivity contribution in [3.8, 4) is 0 Å². The maximum Gasteiger partial charge on any atom is 0.226 e. The van der Waals surface area contributed by atoms with Gasteiger partial charge in [-0.1, -0.05) is 13.8 Å². The monoisotopic (exact) mass is 286 g/mol. The SMILES string of the molecule is Cc1nc2c(c(N3CCC3)n1)CN(C(=O)C1CC1(C)C)C2. The van der Waals surface area contributed by atoms with E-state index in [1.807, 2.05) is 11.8 Å². The minimum Gasteiger partial charge on any atom is -0.356 e. The van der Waals surface area contributed by atoms with Crippen molar-refractivity contribution >= 4 is 11.7 Å². The highest BCUT2D eigenvalue weighted by Crippen LogP contribution is 2.53. The van der Waals surface area contributed by atoms with E-state index in [4.69, 9.17) is 0 Å². The van der Waals surface area contributed by atoms with Crippen LogP contribution in [0.4, 0.5) is 5.82 Å². The molecular formula is C16H22N4O. The van der Waals surface area contributed by atoms with Crippen molar-refractivity contribution in [1.82, 2.24) is 14.9 Å². The molecule has 0 radical (unpaired) electrons. The molecule has 2 aliphatic heterocycles. The normalized spacial score (nSPS) is 25.6. The fourth-order valence-electron chi connectivity index (χ4n) is 3.41. The molecule has 0 spiro atoms. The Balaban J connectivity index is 1.60. The van der Waals surface area contributed by atoms with Crippen molar-refractivity contribution in [2.75, 3.05) is 18.0 Å². The first-order chi connectivity index (χ1) is 9.95. The van der Waals surface area contributed by atoms with Crippen LogP contribution in [0.1, 0.15) is 43.8 Å². The number of fused-ring (bicyclic) bond motifs is 1. The van der Waals surface area contributed by atoms with Crippen molar-refractivity contribution in [3.63, 3.8) is 0 Å². The largest absolute Gasteiger partial charge is 0.356 e. The molecule has 1 atom stereocenters. The Kier molecular flexibility index (Phi) is 2.60. The lowest BCUT2D eigenvalue weighted by atomic mass is 10.1. The lowest BCUT2D eigenvalue weighted by Gasteiger charge is -2.33. The van der Waals surface area contributed by atoms with E-state index in [1.165, 1.54) is 12.0 Å². The summed E-state index contributed by atoms with van der Waals surface area (Å²) in [5.41, 5.74) is 2.41. The van der Waals surface area contributed by atoms with Crippen molar-refractivity contribution in [1.29, 1.82) is 0 Å². The van der Waals surface area contributed by atoms with Crippen LogP contribution in [-0.4, -0.2) is 33.9 Å². The molecule has 21 heavy (non-hydrogen) atoms. The van der Waals surface area contributed by atoms with Gasteiger partial charge in [0.25, 0.3) is 0 Å². The van der Waals surface area contributed by atoms with E-state index in [9.17, 15) is 4.79 Å². The Labute approximate surface area is 125 Å². The highest BCUT2D eigenvalue weighted by Gasteiger charge is 2.52. The molecule has 3 aliphatic rings.